The van der Waals surface area contributed by atoms with Gasteiger partial charge in [-0.05, 0) is 32.4 Å². The van der Waals surface area contributed by atoms with Crippen LogP contribution < -0.4 is 5.32 Å². The van der Waals surface area contributed by atoms with E-state index >= 15 is 0 Å². The summed E-state index contributed by atoms with van der Waals surface area (Å²) in [5.41, 5.74) is 0.308. The second-order valence-corrected chi connectivity index (χ2v) is 5.29. The van der Waals surface area contributed by atoms with Gasteiger partial charge in [0.1, 0.15) is 0 Å². The van der Waals surface area contributed by atoms with Crippen molar-refractivity contribution in [3.05, 3.63) is 0 Å². The number of hydrogen-bond donors (Lipinski definition) is 2. The number of aliphatic hydroxyl groups is 1. The monoisotopic (exact) mass is 230 g/mol. The van der Waals surface area contributed by atoms with E-state index in [1.165, 1.54) is 12.8 Å². The summed E-state index contributed by atoms with van der Waals surface area (Å²) in [6.07, 6.45) is 2.44. The van der Waals surface area contributed by atoms with Gasteiger partial charge >= 0.3 is 0 Å². The molecule has 0 spiro atoms. The van der Waals surface area contributed by atoms with E-state index in [0.717, 1.165) is 19.6 Å². The highest BCUT2D eigenvalue weighted by atomic mass is 16.3. The van der Waals surface area contributed by atoms with E-state index in [0.29, 0.717) is 5.41 Å². The first-order chi connectivity index (χ1) is 7.49. The largest absolute Gasteiger partial charge is 0.395 e. The fraction of sp³-hybridized carbons (Fsp3) is 1.00. The highest BCUT2D eigenvalue weighted by molar-refractivity contribution is 4.81. The Bertz CT molecular complexity index is 175. The Morgan fingerprint density at radius 2 is 2.00 bits per heavy atom. The molecule has 16 heavy (non-hydrogen) atoms. The molecule has 2 N–H and O–H groups in total. The smallest absolute Gasteiger partial charge is 0.0584 e. The van der Waals surface area contributed by atoms with Crippen LogP contribution in [0.25, 0.3) is 0 Å². The Labute approximate surface area is 101 Å². The Morgan fingerprint density at radius 1 is 1.38 bits per heavy atom. The van der Waals surface area contributed by atoms with E-state index < -0.39 is 0 Å². The molecule has 3 nitrogen and oxygen atoms in total. The average Bonchev–Trinajstić information content (AvgIpc) is 2.25. The lowest BCUT2D eigenvalue weighted by Gasteiger charge is -2.36. The standard InChI is InChI=1S/C13H30N2O/c1-6-8-13(4,10-14-7-2)11-15(5)12(3)9-16/h12,14,16H,6-11H2,1-5H3. The molecule has 0 saturated carbocycles. The maximum absolute atomic E-state index is 9.15. The predicted octanol–water partition coefficient (Wildman–Crippen LogP) is 1.71. The first-order valence-electron chi connectivity index (χ1n) is 6.51. The zero-order valence-corrected chi connectivity index (χ0v) is 11.7. The van der Waals surface area contributed by atoms with Crippen molar-refractivity contribution in [3.8, 4) is 0 Å². The van der Waals surface area contributed by atoms with Gasteiger partial charge in [-0.1, -0.05) is 27.2 Å². The Hall–Kier alpha value is -0.120. The number of nitrogens with one attached hydrogen (secondary N) is 1. The van der Waals surface area contributed by atoms with Gasteiger partial charge in [-0.3, -0.25) is 0 Å². The van der Waals surface area contributed by atoms with Crippen LogP contribution in [0.15, 0.2) is 0 Å². The third kappa shape index (κ3) is 5.83. The van der Waals surface area contributed by atoms with Crippen LogP contribution in [-0.4, -0.2) is 49.3 Å². The predicted molar refractivity (Wildman–Crippen MR) is 70.7 cm³/mol. The number of likely N-dealkylation sites (N-methyl/N-ethyl adjacent to an activating group) is 1. The molecule has 3 heteroatoms. The molecule has 0 heterocycles. The van der Waals surface area contributed by atoms with Crippen molar-refractivity contribution in [1.29, 1.82) is 0 Å². The van der Waals surface area contributed by atoms with Crippen molar-refractivity contribution in [2.45, 2.75) is 46.6 Å². The summed E-state index contributed by atoms with van der Waals surface area (Å²) in [5.74, 6) is 0. The summed E-state index contributed by atoms with van der Waals surface area (Å²) >= 11 is 0. The minimum absolute atomic E-state index is 0.236. The van der Waals surface area contributed by atoms with Gasteiger partial charge in [-0.2, -0.15) is 0 Å². The summed E-state index contributed by atoms with van der Waals surface area (Å²) in [7, 11) is 2.10. The summed E-state index contributed by atoms with van der Waals surface area (Å²) in [4.78, 5) is 2.26. The van der Waals surface area contributed by atoms with E-state index in [1.54, 1.807) is 0 Å². The van der Waals surface area contributed by atoms with Crippen LogP contribution in [0.4, 0.5) is 0 Å². The van der Waals surface area contributed by atoms with Crippen molar-refractivity contribution in [2.75, 3.05) is 33.3 Å². The van der Waals surface area contributed by atoms with E-state index in [-0.39, 0.29) is 12.6 Å². The number of nitrogens with zero attached hydrogens (tertiary/aromatic N) is 1. The molecule has 2 unspecified atom stereocenters. The number of hydrogen-bond acceptors (Lipinski definition) is 3. The van der Waals surface area contributed by atoms with Gasteiger partial charge in [0.05, 0.1) is 6.61 Å². The topological polar surface area (TPSA) is 35.5 Å². The molecular weight excluding hydrogens is 200 g/mol. The van der Waals surface area contributed by atoms with Gasteiger partial charge in [0.15, 0.2) is 0 Å². The van der Waals surface area contributed by atoms with Crippen molar-refractivity contribution >= 4 is 0 Å². The van der Waals surface area contributed by atoms with Gasteiger partial charge in [0, 0.05) is 19.1 Å². The Balaban J connectivity index is 4.29. The van der Waals surface area contributed by atoms with E-state index in [1.807, 2.05) is 0 Å². The van der Waals surface area contributed by atoms with Crippen molar-refractivity contribution in [3.63, 3.8) is 0 Å². The quantitative estimate of drug-likeness (QED) is 0.633. The lowest BCUT2D eigenvalue weighted by molar-refractivity contribution is 0.104. The van der Waals surface area contributed by atoms with Crippen LogP contribution in [0.3, 0.4) is 0 Å². The molecule has 98 valence electrons. The molecule has 0 rings (SSSR count). The van der Waals surface area contributed by atoms with Gasteiger partial charge < -0.3 is 15.3 Å². The number of aliphatic hydroxyl groups excluding tert-OH is 1. The summed E-state index contributed by atoms with van der Waals surface area (Å²) in [6, 6.07) is 0.248. The van der Waals surface area contributed by atoms with Crippen molar-refractivity contribution < 1.29 is 5.11 Å². The highest BCUT2D eigenvalue weighted by Gasteiger charge is 2.26. The normalized spacial score (nSPS) is 17.4. The zero-order chi connectivity index (χ0) is 12.6. The van der Waals surface area contributed by atoms with Crippen LogP contribution in [0.2, 0.25) is 0 Å². The Kier molecular flexibility index (Phi) is 7.98. The molecule has 0 bridgehead atoms. The van der Waals surface area contributed by atoms with Crippen LogP contribution in [-0.2, 0) is 0 Å². The van der Waals surface area contributed by atoms with Crippen molar-refractivity contribution in [2.24, 2.45) is 5.41 Å². The molecule has 0 aromatic heterocycles. The first kappa shape index (κ1) is 15.9. The van der Waals surface area contributed by atoms with E-state index in [9.17, 15) is 0 Å². The number of rotatable bonds is 9. The lowest BCUT2D eigenvalue weighted by atomic mass is 9.84. The van der Waals surface area contributed by atoms with Gasteiger partial charge in [0.2, 0.25) is 0 Å². The second-order valence-electron chi connectivity index (χ2n) is 5.29. The summed E-state index contributed by atoms with van der Waals surface area (Å²) in [5, 5.41) is 12.6. The van der Waals surface area contributed by atoms with Crippen molar-refractivity contribution in [1.82, 2.24) is 10.2 Å². The molecule has 0 aromatic carbocycles. The molecule has 0 radical (unpaired) electrons. The second kappa shape index (κ2) is 8.04. The van der Waals surface area contributed by atoms with Crippen LogP contribution in [0.5, 0.6) is 0 Å². The third-order valence-corrected chi connectivity index (χ3v) is 3.30. The summed E-state index contributed by atoms with van der Waals surface area (Å²) < 4.78 is 0. The van der Waals surface area contributed by atoms with Gasteiger partial charge in [0.25, 0.3) is 0 Å². The molecule has 0 saturated heterocycles. The lowest BCUT2D eigenvalue weighted by Crippen LogP contribution is -2.44. The average molecular weight is 230 g/mol. The third-order valence-electron chi connectivity index (χ3n) is 3.30. The molecule has 0 fully saturated rings. The maximum atomic E-state index is 9.15. The molecule has 0 amide bonds. The van der Waals surface area contributed by atoms with E-state index in [2.05, 4.69) is 45.0 Å². The Morgan fingerprint density at radius 3 is 2.44 bits per heavy atom. The van der Waals surface area contributed by atoms with Crippen LogP contribution in [0.1, 0.15) is 40.5 Å². The molecule has 0 aliphatic rings. The minimum Gasteiger partial charge on any atom is -0.395 e. The zero-order valence-electron chi connectivity index (χ0n) is 11.7. The van der Waals surface area contributed by atoms with Crippen LogP contribution in [0, 0.1) is 5.41 Å². The minimum atomic E-state index is 0.236. The molecule has 2 atom stereocenters. The molecule has 0 aliphatic heterocycles. The fourth-order valence-corrected chi connectivity index (χ4v) is 2.15. The van der Waals surface area contributed by atoms with Gasteiger partial charge in [-0.25, -0.2) is 0 Å². The van der Waals surface area contributed by atoms with Gasteiger partial charge in [-0.15, -0.1) is 0 Å². The molecular formula is C13H30N2O. The van der Waals surface area contributed by atoms with Crippen LogP contribution >= 0.6 is 0 Å². The maximum Gasteiger partial charge on any atom is 0.0584 e. The highest BCUT2D eigenvalue weighted by Crippen LogP contribution is 2.24. The molecule has 0 aromatic rings. The SMILES string of the molecule is CCCC(C)(CNCC)CN(C)C(C)CO. The first-order valence-corrected chi connectivity index (χ1v) is 6.51. The fourth-order valence-electron chi connectivity index (χ4n) is 2.15. The van der Waals surface area contributed by atoms with E-state index in [4.69, 9.17) is 5.11 Å². The summed E-state index contributed by atoms with van der Waals surface area (Å²) in [6.45, 7) is 12.1. The molecule has 0 aliphatic carbocycles.